The van der Waals surface area contributed by atoms with E-state index in [1.807, 2.05) is 0 Å². The van der Waals surface area contributed by atoms with Crippen molar-refractivity contribution >= 4 is 21.7 Å². The minimum absolute atomic E-state index is 0.0457. The fourth-order valence-corrected chi connectivity index (χ4v) is 3.25. The van der Waals surface area contributed by atoms with Crippen LogP contribution in [0.3, 0.4) is 0 Å². The Hall–Kier alpha value is -3.01. The SMILES string of the molecule is CC(=O)c1ncc(C)c(-n2c(C)cc(OCc3ncc(F)cc3F)c(Br)c2=O)c1F. The standard InChI is InChI=1S/C20H15BrF3N3O3/c1-9-6-26-18(11(3)28)17(24)19(9)27-10(2)4-15(16(21)20(27)29)30-8-14-13(23)5-12(22)7-25-14/h4-7H,8H2,1-3H3. The summed E-state index contributed by atoms with van der Waals surface area (Å²) in [6, 6.07) is 2.12. The lowest BCUT2D eigenvalue weighted by Crippen LogP contribution is -2.25. The molecule has 0 aliphatic carbocycles. The van der Waals surface area contributed by atoms with E-state index in [0.717, 1.165) is 10.8 Å². The van der Waals surface area contributed by atoms with Crippen LogP contribution in [0.1, 0.15) is 34.4 Å². The zero-order valence-corrected chi connectivity index (χ0v) is 17.7. The summed E-state index contributed by atoms with van der Waals surface area (Å²) in [5, 5.41) is 0. The maximum Gasteiger partial charge on any atom is 0.273 e. The normalized spacial score (nSPS) is 10.9. The molecule has 3 aromatic heterocycles. The van der Waals surface area contributed by atoms with E-state index in [1.54, 1.807) is 13.8 Å². The lowest BCUT2D eigenvalue weighted by atomic mass is 10.1. The van der Waals surface area contributed by atoms with Crippen LogP contribution < -0.4 is 10.3 Å². The Morgan fingerprint density at radius 1 is 1.17 bits per heavy atom. The van der Waals surface area contributed by atoms with Gasteiger partial charge in [-0.2, -0.15) is 0 Å². The van der Waals surface area contributed by atoms with E-state index in [2.05, 4.69) is 25.9 Å². The Kier molecular flexibility index (Phi) is 6.06. The van der Waals surface area contributed by atoms with Gasteiger partial charge in [-0.25, -0.2) is 18.2 Å². The number of carbonyl (C=O) groups excluding carboxylic acids is 1. The fourth-order valence-electron chi connectivity index (χ4n) is 2.84. The zero-order chi connectivity index (χ0) is 22.2. The first-order valence-corrected chi connectivity index (χ1v) is 9.42. The molecule has 0 bridgehead atoms. The average molecular weight is 482 g/mol. The van der Waals surface area contributed by atoms with Crippen molar-refractivity contribution in [1.82, 2.24) is 14.5 Å². The third-order valence-electron chi connectivity index (χ3n) is 4.28. The molecule has 0 saturated heterocycles. The Balaban J connectivity index is 2.05. The fraction of sp³-hybridized carbons (Fsp3) is 0.200. The summed E-state index contributed by atoms with van der Waals surface area (Å²) in [6.45, 7) is 3.92. The van der Waals surface area contributed by atoms with Gasteiger partial charge in [0.05, 0.1) is 11.9 Å². The first kappa shape index (κ1) is 21.7. The van der Waals surface area contributed by atoms with Crippen LogP contribution in [0, 0.1) is 31.3 Å². The molecule has 3 rings (SSSR count). The van der Waals surface area contributed by atoms with Gasteiger partial charge in [0.1, 0.15) is 34.0 Å². The summed E-state index contributed by atoms with van der Waals surface area (Å²) < 4.78 is 48.2. The van der Waals surface area contributed by atoms with Crippen molar-refractivity contribution < 1.29 is 22.7 Å². The van der Waals surface area contributed by atoms with Gasteiger partial charge in [-0.15, -0.1) is 0 Å². The highest BCUT2D eigenvalue weighted by Crippen LogP contribution is 2.27. The number of carbonyl (C=O) groups is 1. The molecule has 156 valence electrons. The molecule has 0 saturated carbocycles. The number of hydrogen-bond donors (Lipinski definition) is 0. The second-order valence-electron chi connectivity index (χ2n) is 6.48. The maximum atomic E-state index is 14.9. The van der Waals surface area contributed by atoms with Crippen LogP contribution in [0.2, 0.25) is 0 Å². The van der Waals surface area contributed by atoms with E-state index in [1.165, 1.54) is 19.2 Å². The molecule has 6 nitrogen and oxygen atoms in total. The topological polar surface area (TPSA) is 74.1 Å². The van der Waals surface area contributed by atoms with Gasteiger partial charge < -0.3 is 4.74 Å². The van der Waals surface area contributed by atoms with Crippen LogP contribution in [0.15, 0.2) is 33.8 Å². The number of ether oxygens (including phenoxy) is 1. The summed E-state index contributed by atoms with van der Waals surface area (Å²) >= 11 is 3.13. The Morgan fingerprint density at radius 3 is 2.50 bits per heavy atom. The van der Waals surface area contributed by atoms with Gasteiger partial charge in [-0.05, 0) is 35.3 Å². The molecule has 0 unspecified atom stereocenters. The van der Waals surface area contributed by atoms with E-state index in [0.29, 0.717) is 17.3 Å². The maximum absolute atomic E-state index is 14.9. The van der Waals surface area contributed by atoms with Crippen molar-refractivity contribution in [1.29, 1.82) is 0 Å². The molecule has 0 N–H and O–H groups in total. The number of hydrogen-bond acceptors (Lipinski definition) is 5. The van der Waals surface area contributed by atoms with Crippen LogP contribution in [0.25, 0.3) is 5.69 Å². The van der Waals surface area contributed by atoms with Gasteiger partial charge in [0, 0.05) is 30.9 Å². The number of halogens is 4. The third-order valence-corrected chi connectivity index (χ3v) is 5.01. The third kappa shape index (κ3) is 4.00. The molecule has 0 aliphatic heterocycles. The monoisotopic (exact) mass is 481 g/mol. The van der Waals surface area contributed by atoms with E-state index in [9.17, 15) is 22.8 Å². The summed E-state index contributed by atoms with van der Waals surface area (Å²) in [4.78, 5) is 32.0. The zero-order valence-electron chi connectivity index (χ0n) is 16.1. The molecule has 0 radical (unpaired) electrons. The highest BCUT2D eigenvalue weighted by Gasteiger charge is 2.22. The number of ketones is 1. The molecule has 0 fully saturated rings. The van der Waals surface area contributed by atoms with E-state index < -0.39 is 28.8 Å². The van der Waals surface area contributed by atoms with E-state index >= 15 is 0 Å². The van der Waals surface area contributed by atoms with Gasteiger partial charge in [0.2, 0.25) is 0 Å². The van der Waals surface area contributed by atoms with Crippen molar-refractivity contribution in [3.05, 3.63) is 79.4 Å². The Morgan fingerprint density at radius 2 is 1.87 bits per heavy atom. The minimum atomic E-state index is -0.911. The summed E-state index contributed by atoms with van der Waals surface area (Å²) in [7, 11) is 0. The van der Waals surface area contributed by atoms with Gasteiger partial charge >= 0.3 is 0 Å². The molecular weight excluding hydrogens is 467 g/mol. The summed E-state index contributed by atoms with van der Waals surface area (Å²) in [5.41, 5.74) is -0.630. The highest BCUT2D eigenvalue weighted by atomic mass is 79.9. The summed E-state index contributed by atoms with van der Waals surface area (Å²) in [5.74, 6) is -3.13. The number of aryl methyl sites for hydroxylation is 2. The smallest absolute Gasteiger partial charge is 0.273 e. The molecule has 0 spiro atoms. The largest absolute Gasteiger partial charge is 0.486 e. The number of rotatable bonds is 5. The van der Waals surface area contributed by atoms with Crippen molar-refractivity contribution in [3.8, 4) is 11.4 Å². The molecule has 3 heterocycles. The second kappa shape index (κ2) is 8.39. The predicted octanol–water partition coefficient (Wildman–Crippen LogP) is 4.21. The molecule has 0 aliphatic rings. The van der Waals surface area contributed by atoms with Crippen molar-refractivity contribution in [2.24, 2.45) is 0 Å². The first-order valence-electron chi connectivity index (χ1n) is 8.63. The predicted molar refractivity (Wildman–Crippen MR) is 105 cm³/mol. The number of pyridine rings is 3. The lowest BCUT2D eigenvalue weighted by Gasteiger charge is -2.17. The molecule has 30 heavy (non-hydrogen) atoms. The lowest BCUT2D eigenvalue weighted by molar-refractivity contribution is 0.100. The van der Waals surface area contributed by atoms with Crippen LogP contribution in [0.4, 0.5) is 13.2 Å². The van der Waals surface area contributed by atoms with E-state index in [4.69, 9.17) is 4.74 Å². The van der Waals surface area contributed by atoms with Crippen LogP contribution in [-0.4, -0.2) is 20.3 Å². The Labute approximate surface area is 177 Å². The summed E-state index contributed by atoms with van der Waals surface area (Å²) in [6.07, 6.45) is 2.16. The van der Waals surface area contributed by atoms with Gasteiger partial charge in [0.25, 0.3) is 5.56 Å². The van der Waals surface area contributed by atoms with Crippen LogP contribution in [0.5, 0.6) is 5.75 Å². The van der Waals surface area contributed by atoms with Crippen molar-refractivity contribution in [2.75, 3.05) is 0 Å². The molecular formula is C20H15BrF3N3O3. The van der Waals surface area contributed by atoms with Gasteiger partial charge in [0.15, 0.2) is 17.4 Å². The molecule has 0 amide bonds. The van der Waals surface area contributed by atoms with Crippen molar-refractivity contribution in [2.45, 2.75) is 27.4 Å². The minimum Gasteiger partial charge on any atom is -0.486 e. The molecule has 10 heteroatoms. The highest BCUT2D eigenvalue weighted by molar-refractivity contribution is 9.10. The number of Topliss-reactive ketones (excluding diaryl/α,β-unsaturated/α-hetero) is 1. The molecule has 0 atom stereocenters. The molecule has 3 aromatic rings. The first-order chi connectivity index (χ1) is 14.1. The van der Waals surface area contributed by atoms with Crippen LogP contribution in [-0.2, 0) is 6.61 Å². The van der Waals surface area contributed by atoms with Gasteiger partial charge in [-0.1, -0.05) is 0 Å². The van der Waals surface area contributed by atoms with E-state index in [-0.39, 0.29) is 33.9 Å². The quantitative estimate of drug-likeness (QED) is 0.510. The van der Waals surface area contributed by atoms with Crippen LogP contribution >= 0.6 is 15.9 Å². The number of nitrogens with zero attached hydrogens (tertiary/aromatic N) is 3. The van der Waals surface area contributed by atoms with Gasteiger partial charge in [-0.3, -0.25) is 19.1 Å². The second-order valence-corrected chi connectivity index (χ2v) is 7.28. The number of aromatic nitrogens is 3. The molecule has 0 aromatic carbocycles. The average Bonchev–Trinajstić information content (AvgIpc) is 2.66. The Bertz CT molecular complexity index is 1230. The van der Waals surface area contributed by atoms with Crippen molar-refractivity contribution in [3.63, 3.8) is 0 Å².